The summed E-state index contributed by atoms with van der Waals surface area (Å²) in [6.07, 6.45) is 9.23. The minimum atomic E-state index is 0.376. The summed E-state index contributed by atoms with van der Waals surface area (Å²) >= 11 is 0. The summed E-state index contributed by atoms with van der Waals surface area (Å²) in [6.45, 7) is 10.1. The molecule has 0 amide bonds. The first-order chi connectivity index (χ1) is 14.7. The highest BCUT2D eigenvalue weighted by molar-refractivity contribution is 5.94. The molecule has 1 saturated heterocycles. The molecule has 4 rings (SSSR count). The molecule has 1 saturated carbocycles. The zero-order chi connectivity index (χ0) is 20.9. The predicted molar refractivity (Wildman–Crippen MR) is 123 cm³/mol. The van der Waals surface area contributed by atoms with Gasteiger partial charge in [0.15, 0.2) is 6.29 Å². The normalized spacial score (nSPS) is 18.8. The topological polar surface area (TPSA) is 74.6 Å². The number of piperazine rings is 1. The number of anilines is 2. The van der Waals surface area contributed by atoms with Crippen LogP contribution in [0.2, 0.25) is 0 Å². The fraction of sp³-hybridized carbons (Fsp3) is 0.435. The Kier molecular flexibility index (Phi) is 6.28. The first-order valence-electron chi connectivity index (χ1n) is 10.7. The lowest BCUT2D eigenvalue weighted by Gasteiger charge is -2.29. The third kappa shape index (κ3) is 4.46. The Bertz CT molecular complexity index is 1010. The maximum absolute atomic E-state index is 11.5. The van der Waals surface area contributed by atoms with Crippen LogP contribution in [0.5, 0.6) is 0 Å². The average molecular weight is 407 g/mol. The fourth-order valence-electron chi connectivity index (χ4n) is 4.36. The maximum Gasteiger partial charge on any atom is 0.166 e. The van der Waals surface area contributed by atoms with Crippen LogP contribution in [0, 0.1) is 0 Å². The quantitative estimate of drug-likeness (QED) is 0.451. The van der Waals surface area contributed by atoms with Gasteiger partial charge in [0.05, 0.1) is 17.6 Å². The lowest BCUT2D eigenvalue weighted by molar-refractivity contribution is 0.111. The summed E-state index contributed by atoms with van der Waals surface area (Å²) in [5, 5.41) is 8.33. The molecule has 2 N–H and O–H groups in total. The number of aldehydes is 1. The van der Waals surface area contributed by atoms with Crippen LogP contribution in [0.15, 0.2) is 29.4 Å². The van der Waals surface area contributed by atoms with Gasteiger partial charge in [-0.3, -0.25) is 4.79 Å². The molecular weight excluding hydrogens is 376 g/mol. The lowest BCUT2D eigenvalue weighted by atomic mass is 10.2. The molecule has 30 heavy (non-hydrogen) atoms. The van der Waals surface area contributed by atoms with E-state index in [0.717, 1.165) is 73.2 Å². The number of rotatable bonds is 5. The predicted octanol–water partition coefficient (Wildman–Crippen LogP) is 1.90. The van der Waals surface area contributed by atoms with Crippen molar-refractivity contribution in [2.24, 2.45) is 4.99 Å². The van der Waals surface area contributed by atoms with Gasteiger partial charge in [-0.15, -0.1) is 0 Å². The SMILES string of the molecule is C=c1/c(=C\N=C(/C)Nc2ccc(N3CCNCC3)cn2)cc(C=O)n1C1CCCC1. The van der Waals surface area contributed by atoms with Crippen LogP contribution in [0.4, 0.5) is 11.5 Å². The molecule has 0 bridgehead atoms. The Hall–Kier alpha value is -2.93. The number of carbonyl (C=O) groups excluding carboxylic acids is 1. The van der Waals surface area contributed by atoms with E-state index in [1.807, 2.05) is 25.3 Å². The summed E-state index contributed by atoms with van der Waals surface area (Å²) in [7, 11) is 0. The fourth-order valence-corrected chi connectivity index (χ4v) is 4.36. The van der Waals surface area contributed by atoms with Crippen LogP contribution in [-0.4, -0.2) is 47.9 Å². The van der Waals surface area contributed by atoms with Gasteiger partial charge in [0.2, 0.25) is 0 Å². The molecule has 0 radical (unpaired) electrons. The molecule has 7 heteroatoms. The number of amidine groups is 1. The molecule has 0 spiro atoms. The third-order valence-corrected chi connectivity index (χ3v) is 5.95. The standard InChI is InChI=1S/C23H30N6O/c1-17-19(13-22(16-30)29(17)20-5-3-4-6-20)14-25-18(2)27-23-8-7-21(15-26-23)28-11-9-24-10-12-28/h7-8,13-16,20,24H,1,3-6,9-12H2,2H3,(H,25,26,27)/b19-14-. The van der Waals surface area contributed by atoms with Crippen LogP contribution in [0.3, 0.4) is 0 Å². The molecule has 2 aliphatic rings. The highest BCUT2D eigenvalue weighted by Crippen LogP contribution is 2.28. The molecule has 7 nitrogen and oxygen atoms in total. The van der Waals surface area contributed by atoms with Crippen LogP contribution in [-0.2, 0) is 0 Å². The van der Waals surface area contributed by atoms with E-state index in [2.05, 4.69) is 42.7 Å². The molecule has 2 aromatic heterocycles. The van der Waals surface area contributed by atoms with E-state index in [1.165, 1.54) is 12.8 Å². The largest absolute Gasteiger partial charge is 0.368 e. The van der Waals surface area contributed by atoms with Gasteiger partial charge in [-0.05, 0) is 38.0 Å². The van der Waals surface area contributed by atoms with Crippen LogP contribution in [0.25, 0.3) is 12.8 Å². The molecule has 2 aromatic rings. The zero-order valence-electron chi connectivity index (χ0n) is 17.6. The van der Waals surface area contributed by atoms with E-state index in [9.17, 15) is 4.79 Å². The van der Waals surface area contributed by atoms with Crippen molar-refractivity contribution < 1.29 is 4.79 Å². The van der Waals surface area contributed by atoms with Gasteiger partial charge in [0.25, 0.3) is 0 Å². The van der Waals surface area contributed by atoms with Gasteiger partial charge in [0, 0.05) is 49.0 Å². The molecule has 1 aliphatic carbocycles. The van der Waals surface area contributed by atoms with Gasteiger partial charge >= 0.3 is 0 Å². The number of nitrogens with one attached hydrogen (secondary N) is 2. The second-order valence-corrected chi connectivity index (χ2v) is 8.00. The molecule has 1 aliphatic heterocycles. The van der Waals surface area contributed by atoms with Gasteiger partial charge < -0.3 is 20.1 Å². The molecular formula is C23H30N6O. The van der Waals surface area contributed by atoms with E-state index in [-0.39, 0.29) is 0 Å². The Morgan fingerprint density at radius 2 is 2.07 bits per heavy atom. The van der Waals surface area contributed by atoms with E-state index in [1.54, 1.807) is 6.20 Å². The van der Waals surface area contributed by atoms with Crippen molar-refractivity contribution in [1.82, 2.24) is 14.9 Å². The van der Waals surface area contributed by atoms with Crippen LogP contribution >= 0.6 is 0 Å². The number of nitrogens with zero attached hydrogens (tertiary/aromatic N) is 4. The first kappa shape index (κ1) is 20.3. The Labute approximate surface area is 177 Å². The Morgan fingerprint density at radius 1 is 1.30 bits per heavy atom. The molecule has 0 unspecified atom stereocenters. The Balaban J connectivity index is 1.48. The van der Waals surface area contributed by atoms with Gasteiger partial charge in [0.1, 0.15) is 11.7 Å². The molecule has 3 heterocycles. The van der Waals surface area contributed by atoms with Crippen LogP contribution in [0.1, 0.15) is 49.1 Å². The monoisotopic (exact) mass is 406 g/mol. The highest BCUT2D eigenvalue weighted by Gasteiger charge is 2.19. The zero-order valence-corrected chi connectivity index (χ0v) is 17.6. The van der Waals surface area contributed by atoms with Crippen molar-refractivity contribution in [3.63, 3.8) is 0 Å². The number of hydrogen-bond acceptors (Lipinski definition) is 5. The van der Waals surface area contributed by atoms with Gasteiger partial charge in [-0.2, -0.15) is 0 Å². The van der Waals surface area contributed by atoms with Crippen molar-refractivity contribution in [3.05, 3.63) is 40.7 Å². The Morgan fingerprint density at radius 3 is 2.73 bits per heavy atom. The number of hydrogen-bond donors (Lipinski definition) is 2. The summed E-state index contributed by atoms with van der Waals surface area (Å²) in [5.41, 5.74) is 1.82. The van der Waals surface area contributed by atoms with Gasteiger partial charge in [-0.25, -0.2) is 9.98 Å². The first-order valence-corrected chi connectivity index (χ1v) is 10.7. The summed E-state index contributed by atoms with van der Waals surface area (Å²) < 4.78 is 2.08. The second kappa shape index (κ2) is 9.26. The highest BCUT2D eigenvalue weighted by atomic mass is 16.1. The van der Waals surface area contributed by atoms with E-state index in [4.69, 9.17) is 0 Å². The number of aliphatic imine (C=N–C) groups is 1. The lowest BCUT2D eigenvalue weighted by Crippen LogP contribution is -2.43. The summed E-state index contributed by atoms with van der Waals surface area (Å²) in [6, 6.07) is 6.32. The number of pyridine rings is 1. The molecule has 0 aromatic carbocycles. The van der Waals surface area contributed by atoms with Crippen molar-refractivity contribution in [2.45, 2.75) is 38.6 Å². The molecule has 2 fully saturated rings. The van der Waals surface area contributed by atoms with Gasteiger partial charge in [-0.1, -0.05) is 19.4 Å². The smallest absolute Gasteiger partial charge is 0.166 e. The third-order valence-electron chi connectivity index (χ3n) is 5.95. The molecule has 0 atom stereocenters. The van der Waals surface area contributed by atoms with E-state index < -0.39 is 0 Å². The summed E-state index contributed by atoms with van der Waals surface area (Å²) in [5.74, 6) is 1.49. The average Bonchev–Trinajstić information content (AvgIpc) is 3.41. The van der Waals surface area contributed by atoms with Crippen molar-refractivity contribution in [2.75, 3.05) is 36.4 Å². The number of carbonyl (C=O) groups is 1. The minimum absolute atomic E-state index is 0.376. The van der Waals surface area contributed by atoms with Crippen molar-refractivity contribution in [1.29, 1.82) is 0 Å². The van der Waals surface area contributed by atoms with E-state index in [0.29, 0.717) is 11.7 Å². The maximum atomic E-state index is 11.5. The van der Waals surface area contributed by atoms with Crippen molar-refractivity contribution >= 4 is 36.4 Å². The summed E-state index contributed by atoms with van der Waals surface area (Å²) in [4.78, 5) is 22.9. The van der Waals surface area contributed by atoms with Crippen LogP contribution < -0.4 is 26.1 Å². The van der Waals surface area contributed by atoms with E-state index >= 15 is 0 Å². The van der Waals surface area contributed by atoms with Crippen molar-refractivity contribution in [3.8, 4) is 0 Å². The number of aromatic nitrogens is 2. The second-order valence-electron chi connectivity index (χ2n) is 8.00. The molecule has 158 valence electrons. The minimum Gasteiger partial charge on any atom is -0.368 e.